The van der Waals surface area contributed by atoms with Gasteiger partial charge in [-0.25, -0.2) is 0 Å². The number of hydrogen-bond acceptors (Lipinski definition) is 1. The molecular formula is C15H11BrClFN2O. The zero-order valence-electron chi connectivity index (χ0n) is 11.2. The highest BCUT2D eigenvalue weighted by molar-refractivity contribution is 9.10. The maximum atomic E-state index is 14.5. The van der Waals surface area contributed by atoms with E-state index in [2.05, 4.69) is 15.9 Å². The number of benzene rings is 1. The van der Waals surface area contributed by atoms with Crippen LogP contribution in [-0.4, -0.2) is 22.4 Å². The maximum absolute atomic E-state index is 14.5. The van der Waals surface area contributed by atoms with Gasteiger partial charge in [0, 0.05) is 17.1 Å². The number of aromatic nitrogens is 1. The number of halogens is 3. The first-order valence-corrected chi connectivity index (χ1v) is 7.78. The van der Waals surface area contributed by atoms with Gasteiger partial charge < -0.3 is 4.90 Å². The van der Waals surface area contributed by atoms with E-state index in [0.29, 0.717) is 5.69 Å². The lowest BCUT2D eigenvalue weighted by Crippen LogP contribution is -2.36. The summed E-state index contributed by atoms with van der Waals surface area (Å²) in [5.41, 5.74) is 1.60. The molecule has 2 aromatic rings. The molecule has 0 radical (unpaired) electrons. The summed E-state index contributed by atoms with van der Waals surface area (Å²) in [5.74, 6) is -0.795. The molecule has 108 valence electrons. The molecule has 0 saturated heterocycles. The Labute approximate surface area is 134 Å². The summed E-state index contributed by atoms with van der Waals surface area (Å²) in [6, 6.07) is 7.12. The molecule has 1 aliphatic carbocycles. The molecule has 1 aromatic carbocycles. The Hall–Kier alpha value is -1.33. The topological polar surface area (TPSA) is 25.2 Å². The van der Waals surface area contributed by atoms with Gasteiger partial charge in [0.1, 0.15) is 5.69 Å². The van der Waals surface area contributed by atoms with Crippen LogP contribution >= 0.6 is 27.5 Å². The third kappa shape index (κ3) is 1.62. The Morgan fingerprint density at radius 2 is 2.05 bits per heavy atom. The lowest BCUT2D eigenvalue weighted by Gasteiger charge is -2.27. The first-order chi connectivity index (χ1) is 9.95. The van der Waals surface area contributed by atoms with Gasteiger partial charge in [-0.05, 0) is 31.0 Å². The third-order valence-electron chi connectivity index (χ3n) is 4.49. The number of hydrogen-bond donors (Lipinski definition) is 0. The quantitative estimate of drug-likeness (QED) is 0.686. The van der Waals surface area contributed by atoms with E-state index < -0.39 is 5.95 Å². The maximum Gasteiger partial charge on any atom is 0.271 e. The smallest absolute Gasteiger partial charge is 0.271 e. The second kappa shape index (κ2) is 4.11. The van der Waals surface area contributed by atoms with Gasteiger partial charge in [0.2, 0.25) is 5.95 Å². The predicted octanol–water partition coefficient (Wildman–Crippen LogP) is 4.11. The van der Waals surface area contributed by atoms with Crippen LogP contribution in [0.1, 0.15) is 28.9 Å². The van der Waals surface area contributed by atoms with Crippen molar-refractivity contribution in [2.24, 2.45) is 0 Å². The van der Waals surface area contributed by atoms with E-state index in [9.17, 15) is 9.18 Å². The molecule has 3 nitrogen and oxygen atoms in total. The molecule has 1 aliphatic heterocycles. The van der Waals surface area contributed by atoms with E-state index in [1.54, 1.807) is 11.9 Å². The molecule has 0 N–H and O–H groups in total. The van der Waals surface area contributed by atoms with E-state index in [4.69, 9.17) is 11.6 Å². The van der Waals surface area contributed by atoms with Crippen LogP contribution < -0.4 is 0 Å². The fraction of sp³-hybridized carbons (Fsp3) is 0.267. The van der Waals surface area contributed by atoms with Crippen molar-refractivity contribution in [3.05, 3.63) is 51.0 Å². The van der Waals surface area contributed by atoms with Crippen LogP contribution in [0.5, 0.6) is 0 Å². The summed E-state index contributed by atoms with van der Waals surface area (Å²) in [7, 11) is 1.77. The molecule has 1 aromatic heterocycles. The van der Waals surface area contributed by atoms with Crippen LogP contribution in [0, 0.1) is 5.95 Å². The molecule has 4 rings (SSSR count). The average molecular weight is 370 g/mol. The number of fused-ring (bicyclic) bond motifs is 4. The largest absolute Gasteiger partial charge is 0.331 e. The second-order valence-corrected chi connectivity index (χ2v) is 6.88. The minimum Gasteiger partial charge on any atom is -0.331 e. The first kappa shape index (κ1) is 13.3. The molecule has 1 amide bonds. The highest BCUT2D eigenvalue weighted by atomic mass is 79.9. The number of amides is 1. The Morgan fingerprint density at radius 3 is 2.71 bits per heavy atom. The molecule has 6 heteroatoms. The summed E-state index contributed by atoms with van der Waals surface area (Å²) >= 11 is 9.32. The van der Waals surface area contributed by atoms with Gasteiger partial charge in [0.15, 0.2) is 0 Å². The number of carbonyl (C=O) groups is 1. The van der Waals surface area contributed by atoms with Crippen LogP contribution in [-0.2, 0) is 5.54 Å². The Bertz CT molecular complexity index is 797. The van der Waals surface area contributed by atoms with Crippen LogP contribution in [0.2, 0.25) is 5.02 Å². The Kier molecular flexibility index (Phi) is 2.61. The van der Waals surface area contributed by atoms with Crippen molar-refractivity contribution in [2.45, 2.75) is 18.4 Å². The van der Waals surface area contributed by atoms with Gasteiger partial charge in [0.05, 0.1) is 16.2 Å². The van der Waals surface area contributed by atoms with Crippen molar-refractivity contribution >= 4 is 33.4 Å². The van der Waals surface area contributed by atoms with Crippen molar-refractivity contribution in [3.8, 4) is 5.69 Å². The summed E-state index contributed by atoms with van der Waals surface area (Å²) < 4.78 is 16.6. The Morgan fingerprint density at radius 1 is 1.33 bits per heavy atom. The van der Waals surface area contributed by atoms with E-state index in [-0.39, 0.29) is 22.2 Å². The van der Waals surface area contributed by atoms with E-state index in [1.165, 1.54) is 10.6 Å². The van der Waals surface area contributed by atoms with Crippen LogP contribution in [0.4, 0.5) is 4.39 Å². The third-order valence-corrected chi connectivity index (χ3v) is 5.25. The predicted molar refractivity (Wildman–Crippen MR) is 81.4 cm³/mol. The Balaban J connectivity index is 2.13. The second-order valence-electron chi connectivity index (χ2n) is 5.56. The monoisotopic (exact) mass is 368 g/mol. The first-order valence-electron chi connectivity index (χ1n) is 6.61. The molecule has 21 heavy (non-hydrogen) atoms. The molecule has 0 bridgehead atoms. The standard InChI is InChI=1S/C15H11BrClFN2O/c1-19-14(21)12-7-10(17)13(18)20(12)11-6-8(16)2-3-9(11)15(19)4-5-15/h2-3,6-7H,4-5H2,1H3. The lowest BCUT2D eigenvalue weighted by atomic mass is 10.0. The summed E-state index contributed by atoms with van der Waals surface area (Å²) in [4.78, 5) is 14.4. The van der Waals surface area contributed by atoms with Gasteiger partial charge in [-0.2, -0.15) is 4.39 Å². The zero-order valence-corrected chi connectivity index (χ0v) is 13.5. The summed E-state index contributed by atoms with van der Waals surface area (Å²) in [5, 5.41) is -0.0376. The normalized spacial score (nSPS) is 18.5. The van der Waals surface area contributed by atoms with Crippen molar-refractivity contribution in [1.82, 2.24) is 9.47 Å². The van der Waals surface area contributed by atoms with Crippen LogP contribution in [0.25, 0.3) is 5.69 Å². The lowest BCUT2D eigenvalue weighted by molar-refractivity contribution is 0.0704. The molecule has 2 aliphatic rings. The van der Waals surface area contributed by atoms with Crippen molar-refractivity contribution in [2.75, 3.05) is 7.05 Å². The minimum atomic E-state index is -0.592. The van der Waals surface area contributed by atoms with Crippen molar-refractivity contribution in [3.63, 3.8) is 0 Å². The van der Waals surface area contributed by atoms with E-state index >= 15 is 0 Å². The number of nitrogens with zero attached hydrogens (tertiary/aromatic N) is 2. The molecular weight excluding hydrogens is 359 g/mol. The minimum absolute atomic E-state index is 0.0376. The van der Waals surface area contributed by atoms with Crippen molar-refractivity contribution in [1.29, 1.82) is 0 Å². The number of carbonyl (C=O) groups excluding carboxylic acids is 1. The molecule has 2 heterocycles. The average Bonchev–Trinajstić information content (AvgIpc) is 3.20. The molecule has 1 saturated carbocycles. The van der Waals surface area contributed by atoms with Gasteiger partial charge in [-0.1, -0.05) is 33.6 Å². The van der Waals surface area contributed by atoms with Gasteiger partial charge in [0.25, 0.3) is 5.91 Å². The molecule has 1 spiro atoms. The highest BCUT2D eigenvalue weighted by Crippen LogP contribution is 2.54. The van der Waals surface area contributed by atoms with Gasteiger partial charge >= 0.3 is 0 Å². The highest BCUT2D eigenvalue weighted by Gasteiger charge is 2.53. The molecule has 1 fully saturated rings. The zero-order chi connectivity index (χ0) is 14.9. The fourth-order valence-corrected chi connectivity index (χ4v) is 3.74. The summed E-state index contributed by atoms with van der Waals surface area (Å²) in [6.45, 7) is 0. The van der Waals surface area contributed by atoms with Crippen molar-refractivity contribution < 1.29 is 9.18 Å². The summed E-state index contributed by atoms with van der Waals surface area (Å²) in [6.07, 6.45) is 1.79. The van der Waals surface area contributed by atoms with E-state index in [1.807, 2.05) is 18.2 Å². The molecule has 0 atom stereocenters. The SMILES string of the molecule is CN1C(=O)c2cc(Cl)c(F)n2-c2cc(Br)ccc2C12CC2. The fourth-order valence-electron chi connectivity index (χ4n) is 3.20. The van der Waals surface area contributed by atoms with Gasteiger partial charge in [-0.15, -0.1) is 0 Å². The van der Waals surface area contributed by atoms with Gasteiger partial charge in [-0.3, -0.25) is 9.36 Å². The number of rotatable bonds is 0. The molecule has 0 unspecified atom stereocenters. The van der Waals surface area contributed by atoms with E-state index in [0.717, 1.165) is 22.9 Å². The van der Waals surface area contributed by atoms with Crippen LogP contribution in [0.15, 0.2) is 28.7 Å². The van der Waals surface area contributed by atoms with Crippen LogP contribution in [0.3, 0.4) is 0 Å².